The lowest BCUT2D eigenvalue weighted by Gasteiger charge is -2.08. The molecule has 1 heterocycles. The van der Waals surface area contributed by atoms with E-state index < -0.39 is 6.36 Å². The third-order valence-electron chi connectivity index (χ3n) is 2.59. The highest BCUT2D eigenvalue weighted by Gasteiger charge is 2.31. The molecule has 0 aliphatic rings. The highest BCUT2D eigenvalue weighted by atomic mass is 32.1. The Hall–Kier alpha value is -1.82. The van der Waals surface area contributed by atoms with Gasteiger partial charge in [-0.3, -0.25) is 4.79 Å². The van der Waals surface area contributed by atoms with E-state index in [0.29, 0.717) is 18.4 Å². The van der Waals surface area contributed by atoms with Crippen LogP contribution in [-0.4, -0.2) is 12.1 Å². The summed E-state index contributed by atoms with van der Waals surface area (Å²) >= 11 is 1.57. The molecule has 0 amide bonds. The van der Waals surface area contributed by atoms with Crippen LogP contribution in [0.25, 0.3) is 0 Å². The SMILES string of the molecule is O=C(CCc1cccs1)c1ccc(OC(F)(F)F)cc1. The van der Waals surface area contributed by atoms with Crippen LogP contribution in [0.3, 0.4) is 0 Å². The van der Waals surface area contributed by atoms with Gasteiger partial charge in [-0.1, -0.05) is 6.07 Å². The Balaban J connectivity index is 1.93. The van der Waals surface area contributed by atoms with Crippen molar-refractivity contribution < 1.29 is 22.7 Å². The molecule has 2 rings (SSSR count). The molecule has 0 aliphatic carbocycles. The number of rotatable bonds is 5. The van der Waals surface area contributed by atoms with Gasteiger partial charge in [0.2, 0.25) is 0 Å². The van der Waals surface area contributed by atoms with Crippen LogP contribution in [0.2, 0.25) is 0 Å². The van der Waals surface area contributed by atoms with Gasteiger partial charge in [0.1, 0.15) is 5.75 Å². The normalized spacial score (nSPS) is 11.3. The number of carbonyl (C=O) groups excluding carboxylic acids is 1. The van der Waals surface area contributed by atoms with E-state index in [-0.39, 0.29) is 11.5 Å². The Morgan fingerprint density at radius 1 is 1.15 bits per heavy atom. The van der Waals surface area contributed by atoms with Gasteiger partial charge in [-0.2, -0.15) is 0 Å². The molecule has 0 aliphatic heterocycles. The molecule has 6 heteroatoms. The molecule has 1 aromatic carbocycles. The summed E-state index contributed by atoms with van der Waals surface area (Å²) in [5.41, 5.74) is 0.385. The van der Waals surface area contributed by atoms with Crippen LogP contribution < -0.4 is 4.74 Å². The second-order valence-corrected chi connectivity index (χ2v) is 5.11. The van der Waals surface area contributed by atoms with E-state index in [1.54, 1.807) is 11.3 Å². The maximum atomic E-state index is 12.0. The van der Waals surface area contributed by atoms with Crippen molar-refractivity contribution in [3.8, 4) is 5.75 Å². The smallest absolute Gasteiger partial charge is 0.406 e. The first-order valence-corrected chi connectivity index (χ1v) is 6.73. The Labute approximate surface area is 117 Å². The maximum absolute atomic E-state index is 12.0. The molecule has 0 unspecified atom stereocenters. The minimum atomic E-state index is -4.72. The first kappa shape index (κ1) is 14.6. The molecule has 2 aromatic rings. The second-order valence-electron chi connectivity index (χ2n) is 4.07. The summed E-state index contributed by atoms with van der Waals surface area (Å²) in [5.74, 6) is -0.427. The molecule has 20 heavy (non-hydrogen) atoms. The predicted octanol–water partition coefficient (Wildman–Crippen LogP) is 4.46. The van der Waals surface area contributed by atoms with Crippen molar-refractivity contribution in [1.29, 1.82) is 0 Å². The molecular weight excluding hydrogens is 289 g/mol. The first-order valence-electron chi connectivity index (χ1n) is 5.85. The number of aryl methyl sites for hydroxylation is 1. The fourth-order valence-corrected chi connectivity index (χ4v) is 2.39. The minimum absolute atomic E-state index is 0.100. The monoisotopic (exact) mass is 300 g/mol. The number of halogens is 3. The zero-order valence-electron chi connectivity index (χ0n) is 10.3. The summed E-state index contributed by atoms with van der Waals surface area (Å²) in [5, 5.41) is 1.93. The van der Waals surface area contributed by atoms with E-state index >= 15 is 0 Å². The van der Waals surface area contributed by atoms with Gasteiger partial charge in [-0.25, -0.2) is 0 Å². The molecule has 0 atom stereocenters. The van der Waals surface area contributed by atoms with Gasteiger partial charge < -0.3 is 4.74 Å². The lowest BCUT2D eigenvalue weighted by Crippen LogP contribution is -2.17. The van der Waals surface area contributed by atoms with E-state index in [4.69, 9.17) is 0 Å². The average molecular weight is 300 g/mol. The van der Waals surface area contributed by atoms with Gasteiger partial charge in [0.15, 0.2) is 5.78 Å². The van der Waals surface area contributed by atoms with Crippen LogP contribution in [0.4, 0.5) is 13.2 Å². The van der Waals surface area contributed by atoms with Gasteiger partial charge in [0.05, 0.1) is 0 Å². The van der Waals surface area contributed by atoms with E-state index in [2.05, 4.69) is 4.74 Å². The number of Topliss-reactive ketones (excluding diaryl/α,β-unsaturated/α-hetero) is 1. The highest BCUT2D eigenvalue weighted by Crippen LogP contribution is 2.23. The summed E-state index contributed by atoms with van der Waals surface area (Å²) in [6, 6.07) is 8.83. The summed E-state index contributed by atoms with van der Waals surface area (Å²) in [6.45, 7) is 0. The maximum Gasteiger partial charge on any atom is 0.573 e. The second kappa shape index (κ2) is 6.09. The molecule has 0 fully saturated rings. The van der Waals surface area contributed by atoms with Gasteiger partial charge in [-0.05, 0) is 42.1 Å². The van der Waals surface area contributed by atoms with Crippen molar-refractivity contribution in [2.45, 2.75) is 19.2 Å². The van der Waals surface area contributed by atoms with Gasteiger partial charge in [0.25, 0.3) is 0 Å². The molecule has 2 nitrogen and oxygen atoms in total. The number of ether oxygens (including phenoxy) is 1. The third-order valence-corrected chi connectivity index (χ3v) is 3.52. The summed E-state index contributed by atoms with van der Waals surface area (Å²) < 4.78 is 39.7. The number of benzene rings is 1. The number of ketones is 1. The Kier molecular flexibility index (Phi) is 4.44. The number of hydrogen-bond donors (Lipinski definition) is 0. The standard InChI is InChI=1S/C14H11F3O2S/c15-14(16,17)19-11-5-3-10(4-6-11)13(18)8-7-12-2-1-9-20-12/h1-6,9H,7-8H2. The van der Waals surface area contributed by atoms with Crippen molar-refractivity contribution >= 4 is 17.1 Å². The van der Waals surface area contributed by atoms with Crippen LogP contribution in [0.15, 0.2) is 41.8 Å². The molecule has 0 bridgehead atoms. The topological polar surface area (TPSA) is 26.3 Å². The summed E-state index contributed by atoms with van der Waals surface area (Å²) in [7, 11) is 0. The van der Waals surface area contributed by atoms with Crippen molar-refractivity contribution in [2.75, 3.05) is 0 Å². The van der Waals surface area contributed by atoms with Crippen LogP contribution >= 0.6 is 11.3 Å². The van der Waals surface area contributed by atoms with Crippen molar-refractivity contribution in [3.63, 3.8) is 0 Å². The number of thiophene rings is 1. The van der Waals surface area contributed by atoms with E-state index in [1.807, 2.05) is 17.5 Å². The van der Waals surface area contributed by atoms with Crippen LogP contribution in [-0.2, 0) is 6.42 Å². The summed E-state index contributed by atoms with van der Waals surface area (Å²) in [6.07, 6.45) is -3.75. The summed E-state index contributed by atoms with van der Waals surface area (Å²) in [4.78, 5) is 13.0. The molecule has 0 saturated heterocycles. The largest absolute Gasteiger partial charge is 0.573 e. The van der Waals surface area contributed by atoms with Crippen LogP contribution in [0.1, 0.15) is 21.7 Å². The van der Waals surface area contributed by atoms with Gasteiger partial charge in [0, 0.05) is 16.9 Å². The zero-order chi connectivity index (χ0) is 14.6. The van der Waals surface area contributed by atoms with Gasteiger partial charge in [-0.15, -0.1) is 24.5 Å². The number of alkyl halides is 3. The quantitative estimate of drug-likeness (QED) is 0.762. The lowest BCUT2D eigenvalue weighted by atomic mass is 10.1. The fourth-order valence-electron chi connectivity index (χ4n) is 1.68. The van der Waals surface area contributed by atoms with Gasteiger partial charge >= 0.3 is 6.36 Å². The molecule has 106 valence electrons. The van der Waals surface area contributed by atoms with E-state index in [9.17, 15) is 18.0 Å². The molecule has 0 radical (unpaired) electrons. The number of hydrogen-bond acceptors (Lipinski definition) is 3. The molecule has 0 N–H and O–H groups in total. The Morgan fingerprint density at radius 2 is 1.85 bits per heavy atom. The molecule has 1 aromatic heterocycles. The molecular formula is C14H11F3O2S. The Morgan fingerprint density at radius 3 is 2.40 bits per heavy atom. The first-order chi connectivity index (χ1) is 9.44. The lowest BCUT2D eigenvalue weighted by molar-refractivity contribution is -0.274. The van der Waals surface area contributed by atoms with E-state index in [1.165, 1.54) is 12.1 Å². The van der Waals surface area contributed by atoms with E-state index in [0.717, 1.165) is 17.0 Å². The predicted molar refractivity (Wildman–Crippen MR) is 70.1 cm³/mol. The van der Waals surface area contributed by atoms with Crippen molar-refractivity contribution in [2.24, 2.45) is 0 Å². The highest BCUT2D eigenvalue weighted by molar-refractivity contribution is 7.09. The molecule has 0 spiro atoms. The minimum Gasteiger partial charge on any atom is -0.406 e. The Bertz CT molecular complexity index is 559. The fraction of sp³-hybridized carbons (Fsp3) is 0.214. The molecule has 0 saturated carbocycles. The average Bonchev–Trinajstić information content (AvgIpc) is 2.88. The van der Waals surface area contributed by atoms with Crippen LogP contribution in [0, 0.1) is 0 Å². The third kappa shape index (κ3) is 4.38. The van der Waals surface area contributed by atoms with Crippen molar-refractivity contribution in [1.82, 2.24) is 0 Å². The number of carbonyl (C=O) groups is 1. The van der Waals surface area contributed by atoms with Crippen LogP contribution in [0.5, 0.6) is 5.75 Å². The van der Waals surface area contributed by atoms with Crippen molar-refractivity contribution in [3.05, 3.63) is 52.2 Å². The zero-order valence-corrected chi connectivity index (χ0v) is 11.1.